The van der Waals surface area contributed by atoms with E-state index in [0.717, 1.165) is 11.3 Å². The van der Waals surface area contributed by atoms with Gasteiger partial charge in [0.05, 0.1) is 31.2 Å². The summed E-state index contributed by atoms with van der Waals surface area (Å²) < 4.78 is 25.7. The fourth-order valence-electron chi connectivity index (χ4n) is 5.80. The van der Waals surface area contributed by atoms with Gasteiger partial charge in [-0.3, -0.25) is 24.1 Å². The number of anilines is 2. The molecule has 0 radical (unpaired) electrons. The first-order valence-corrected chi connectivity index (χ1v) is 13.8. The van der Waals surface area contributed by atoms with Crippen LogP contribution in [0.15, 0.2) is 66.7 Å². The van der Waals surface area contributed by atoms with Gasteiger partial charge >= 0.3 is 0 Å². The van der Waals surface area contributed by atoms with E-state index in [-0.39, 0.29) is 17.7 Å². The van der Waals surface area contributed by atoms with Gasteiger partial charge in [-0.15, -0.1) is 0 Å². The lowest BCUT2D eigenvalue weighted by atomic mass is 9.78. The SMILES string of the molecule is COc1ccc(NC(=O)C2(N(Cc3ccccc3F)C(=O)CN3C(=O)C(=O)c4ccccc43)CCCCC2)c(OC)c1. The van der Waals surface area contributed by atoms with Gasteiger partial charge in [-0.25, -0.2) is 4.39 Å². The quantitative estimate of drug-likeness (QED) is 0.371. The summed E-state index contributed by atoms with van der Waals surface area (Å²) in [5.41, 5.74) is -0.186. The Hall–Kier alpha value is -4.73. The Labute approximate surface area is 243 Å². The number of amides is 3. The molecule has 0 unspecified atom stereocenters. The summed E-state index contributed by atoms with van der Waals surface area (Å²) in [7, 11) is 2.99. The van der Waals surface area contributed by atoms with Crippen molar-refractivity contribution in [1.29, 1.82) is 0 Å². The minimum Gasteiger partial charge on any atom is -0.497 e. The molecule has 1 fully saturated rings. The standard InChI is InChI=1S/C32H32FN3O6/c1-41-22-14-15-25(27(18-22)42-2)34-31(40)32(16-8-3-9-17-32)36(19-21-10-4-6-12-24(21)33)28(37)20-35-26-13-7-5-11-23(26)29(38)30(35)39/h4-7,10-15,18H,3,8-9,16-17,19-20H2,1-2H3,(H,34,40). The van der Waals surface area contributed by atoms with Crippen LogP contribution in [0.5, 0.6) is 11.5 Å². The number of nitrogens with one attached hydrogen (secondary N) is 1. The number of ether oxygens (including phenoxy) is 2. The Bertz CT molecular complexity index is 1530. The second-order valence-electron chi connectivity index (χ2n) is 10.4. The zero-order chi connectivity index (χ0) is 29.9. The number of fused-ring (bicyclic) bond motifs is 1. The molecule has 1 saturated carbocycles. The average molecular weight is 574 g/mol. The molecule has 2 aliphatic rings. The maximum absolute atomic E-state index is 15.0. The minimum atomic E-state index is -1.35. The molecule has 10 heteroatoms. The van der Waals surface area contributed by atoms with Crippen LogP contribution in [0.4, 0.5) is 15.8 Å². The number of Topliss-reactive ketones (excluding diaryl/α,β-unsaturated/α-hetero) is 1. The molecule has 1 N–H and O–H groups in total. The van der Waals surface area contributed by atoms with Crippen LogP contribution in [0, 0.1) is 5.82 Å². The zero-order valence-corrected chi connectivity index (χ0v) is 23.5. The summed E-state index contributed by atoms with van der Waals surface area (Å²) in [6.45, 7) is -0.673. The van der Waals surface area contributed by atoms with E-state index in [9.17, 15) is 23.6 Å². The monoisotopic (exact) mass is 573 g/mol. The number of para-hydroxylation sites is 1. The molecule has 9 nitrogen and oxygen atoms in total. The maximum atomic E-state index is 15.0. The lowest BCUT2D eigenvalue weighted by Crippen LogP contribution is -2.61. The predicted molar refractivity (Wildman–Crippen MR) is 154 cm³/mol. The van der Waals surface area contributed by atoms with Crippen molar-refractivity contribution in [3.05, 3.63) is 83.7 Å². The molecule has 0 spiro atoms. The highest BCUT2D eigenvalue weighted by molar-refractivity contribution is 6.52. The molecule has 0 atom stereocenters. The van der Waals surface area contributed by atoms with Crippen LogP contribution in [0.3, 0.4) is 0 Å². The van der Waals surface area contributed by atoms with Crippen LogP contribution in [-0.2, 0) is 20.9 Å². The molecule has 5 rings (SSSR count). The third-order valence-electron chi connectivity index (χ3n) is 8.04. The van der Waals surface area contributed by atoms with E-state index in [2.05, 4.69) is 5.32 Å². The van der Waals surface area contributed by atoms with Crippen LogP contribution >= 0.6 is 0 Å². The molecule has 3 aromatic rings. The molecule has 1 aliphatic carbocycles. The molecule has 0 saturated heterocycles. The predicted octanol–water partition coefficient (Wildman–Crippen LogP) is 4.74. The second-order valence-corrected chi connectivity index (χ2v) is 10.4. The summed E-state index contributed by atoms with van der Waals surface area (Å²) in [6.07, 6.45) is 2.87. The van der Waals surface area contributed by atoms with Crippen LogP contribution in [0.1, 0.15) is 48.0 Å². The summed E-state index contributed by atoms with van der Waals surface area (Å²) in [4.78, 5) is 56.6. The fraction of sp³-hybridized carbons (Fsp3) is 0.312. The van der Waals surface area contributed by atoms with E-state index < -0.39 is 41.4 Å². The fourth-order valence-corrected chi connectivity index (χ4v) is 5.80. The van der Waals surface area contributed by atoms with E-state index >= 15 is 0 Å². The highest BCUT2D eigenvalue weighted by atomic mass is 19.1. The van der Waals surface area contributed by atoms with Crippen molar-refractivity contribution in [2.75, 3.05) is 31.0 Å². The Morgan fingerprint density at radius 1 is 0.952 bits per heavy atom. The van der Waals surface area contributed by atoms with Crippen molar-refractivity contribution < 1.29 is 33.0 Å². The molecule has 1 heterocycles. The normalized spacial score (nSPS) is 15.6. The second kappa shape index (κ2) is 12.0. The third kappa shape index (κ3) is 5.32. The maximum Gasteiger partial charge on any atom is 0.299 e. The number of nitrogens with zero attached hydrogens (tertiary/aromatic N) is 2. The molecule has 218 valence electrons. The smallest absolute Gasteiger partial charge is 0.299 e. The van der Waals surface area contributed by atoms with Crippen molar-refractivity contribution in [1.82, 2.24) is 4.90 Å². The first-order valence-electron chi connectivity index (χ1n) is 13.8. The van der Waals surface area contributed by atoms with Gasteiger partial charge in [-0.1, -0.05) is 49.6 Å². The van der Waals surface area contributed by atoms with Gasteiger partial charge in [0.1, 0.15) is 29.4 Å². The van der Waals surface area contributed by atoms with Gasteiger partial charge in [0.25, 0.3) is 11.7 Å². The van der Waals surface area contributed by atoms with Gasteiger partial charge in [-0.2, -0.15) is 0 Å². The zero-order valence-electron chi connectivity index (χ0n) is 23.5. The average Bonchev–Trinajstić information content (AvgIpc) is 3.25. The number of hydrogen-bond donors (Lipinski definition) is 1. The summed E-state index contributed by atoms with van der Waals surface area (Å²) in [5, 5.41) is 2.94. The number of rotatable bonds is 9. The molecule has 3 aromatic carbocycles. The van der Waals surface area contributed by atoms with E-state index in [0.29, 0.717) is 48.6 Å². The van der Waals surface area contributed by atoms with Gasteiger partial charge in [0.15, 0.2) is 0 Å². The lowest BCUT2D eigenvalue weighted by Gasteiger charge is -2.45. The Morgan fingerprint density at radius 3 is 2.38 bits per heavy atom. The first-order chi connectivity index (χ1) is 20.3. The number of benzene rings is 3. The summed E-state index contributed by atoms with van der Waals surface area (Å²) in [6, 6.07) is 17.5. The number of hydrogen-bond acceptors (Lipinski definition) is 6. The number of carbonyl (C=O) groups is 4. The molecular formula is C32H32FN3O6. The molecule has 3 amide bonds. The first kappa shape index (κ1) is 28.8. The Kier molecular flexibility index (Phi) is 8.24. The molecule has 0 bridgehead atoms. The Morgan fingerprint density at radius 2 is 1.67 bits per heavy atom. The van der Waals surface area contributed by atoms with Gasteiger partial charge in [-0.05, 0) is 43.2 Å². The van der Waals surface area contributed by atoms with Crippen molar-refractivity contribution in [2.24, 2.45) is 0 Å². The molecule has 0 aromatic heterocycles. The third-order valence-corrected chi connectivity index (χ3v) is 8.04. The van der Waals surface area contributed by atoms with Gasteiger partial charge in [0.2, 0.25) is 11.8 Å². The van der Waals surface area contributed by atoms with Gasteiger partial charge < -0.3 is 19.7 Å². The highest BCUT2D eigenvalue weighted by Crippen LogP contribution is 2.39. The van der Waals surface area contributed by atoms with Gasteiger partial charge in [0, 0.05) is 18.2 Å². The van der Waals surface area contributed by atoms with Crippen molar-refractivity contribution in [3.8, 4) is 11.5 Å². The molecule has 42 heavy (non-hydrogen) atoms. The van der Waals surface area contributed by atoms with Crippen LogP contribution in [0.2, 0.25) is 0 Å². The Balaban J connectivity index is 1.54. The van der Waals surface area contributed by atoms with Crippen molar-refractivity contribution in [2.45, 2.75) is 44.2 Å². The minimum absolute atomic E-state index is 0.198. The summed E-state index contributed by atoms with van der Waals surface area (Å²) >= 11 is 0. The lowest BCUT2D eigenvalue weighted by molar-refractivity contribution is -0.148. The number of methoxy groups -OCH3 is 2. The topological polar surface area (TPSA) is 105 Å². The van der Waals surface area contributed by atoms with Crippen LogP contribution < -0.4 is 19.7 Å². The molecule has 1 aliphatic heterocycles. The van der Waals surface area contributed by atoms with Crippen molar-refractivity contribution >= 4 is 34.9 Å². The van der Waals surface area contributed by atoms with Crippen LogP contribution in [0.25, 0.3) is 0 Å². The molecular weight excluding hydrogens is 541 g/mol. The highest BCUT2D eigenvalue weighted by Gasteiger charge is 2.48. The summed E-state index contributed by atoms with van der Waals surface area (Å²) in [5.74, 6) is -2.14. The van der Waals surface area contributed by atoms with Crippen molar-refractivity contribution in [3.63, 3.8) is 0 Å². The van der Waals surface area contributed by atoms with E-state index in [1.54, 1.807) is 54.6 Å². The number of ketones is 1. The van der Waals surface area contributed by atoms with E-state index in [1.807, 2.05) is 0 Å². The largest absolute Gasteiger partial charge is 0.497 e. The number of halogens is 1. The van der Waals surface area contributed by atoms with Crippen LogP contribution in [-0.4, -0.2) is 54.7 Å². The van der Waals surface area contributed by atoms with E-state index in [1.165, 1.54) is 31.3 Å². The number of carbonyl (C=O) groups excluding carboxylic acids is 4. The van der Waals surface area contributed by atoms with E-state index in [4.69, 9.17) is 9.47 Å².